The zero-order valence-corrected chi connectivity index (χ0v) is 10.6. The molecule has 2 aliphatic rings. The zero-order valence-electron chi connectivity index (χ0n) is 10.6. The third-order valence-electron chi connectivity index (χ3n) is 4.42. The molecule has 2 rings (SSSR count). The lowest BCUT2D eigenvalue weighted by Gasteiger charge is -2.48. The number of hydrogen-bond donors (Lipinski definition) is 1. The molecule has 1 N–H and O–H groups in total. The molecule has 0 radical (unpaired) electrons. The van der Waals surface area contributed by atoms with Crippen LogP contribution in [0.1, 0.15) is 39.5 Å². The summed E-state index contributed by atoms with van der Waals surface area (Å²) in [6, 6.07) is 0.603. The molecule has 94 valence electrons. The van der Waals surface area contributed by atoms with Crippen molar-refractivity contribution < 1.29 is 4.39 Å². The van der Waals surface area contributed by atoms with Crippen LogP contribution in [-0.2, 0) is 0 Å². The van der Waals surface area contributed by atoms with Gasteiger partial charge in [-0.2, -0.15) is 0 Å². The van der Waals surface area contributed by atoms with Crippen LogP contribution in [0.3, 0.4) is 0 Å². The van der Waals surface area contributed by atoms with E-state index in [2.05, 4.69) is 24.1 Å². The van der Waals surface area contributed by atoms with E-state index in [1.54, 1.807) is 0 Å². The Morgan fingerprint density at radius 3 is 2.75 bits per heavy atom. The van der Waals surface area contributed by atoms with E-state index in [1.807, 2.05) is 0 Å². The summed E-state index contributed by atoms with van der Waals surface area (Å²) < 4.78 is 12.4. The third kappa shape index (κ3) is 2.40. The monoisotopic (exact) mass is 228 g/mol. The largest absolute Gasteiger partial charge is 0.311 e. The van der Waals surface area contributed by atoms with Crippen LogP contribution < -0.4 is 5.32 Å². The van der Waals surface area contributed by atoms with Gasteiger partial charge in [-0.1, -0.05) is 6.92 Å². The van der Waals surface area contributed by atoms with E-state index in [1.165, 1.54) is 19.3 Å². The molecule has 2 unspecified atom stereocenters. The first-order valence-electron chi connectivity index (χ1n) is 6.75. The number of alkyl halides is 1. The van der Waals surface area contributed by atoms with Crippen molar-refractivity contribution in [1.29, 1.82) is 0 Å². The standard InChI is InChI=1S/C13H25FN2/c1-3-12-9-16(8-4-7-14)13(2,10-15-12)11-5-6-11/h11-12,15H,3-10H2,1-2H3. The van der Waals surface area contributed by atoms with E-state index in [4.69, 9.17) is 0 Å². The summed E-state index contributed by atoms with van der Waals surface area (Å²) in [5.74, 6) is 0.845. The van der Waals surface area contributed by atoms with E-state index in [0.717, 1.165) is 25.6 Å². The van der Waals surface area contributed by atoms with Crippen molar-refractivity contribution in [1.82, 2.24) is 10.2 Å². The molecule has 2 nitrogen and oxygen atoms in total. The number of rotatable bonds is 5. The van der Waals surface area contributed by atoms with E-state index in [-0.39, 0.29) is 6.67 Å². The summed E-state index contributed by atoms with van der Waals surface area (Å²) in [5.41, 5.74) is 0.292. The van der Waals surface area contributed by atoms with Gasteiger partial charge in [-0.05, 0) is 38.5 Å². The lowest BCUT2D eigenvalue weighted by molar-refractivity contribution is 0.0319. The minimum Gasteiger partial charge on any atom is -0.311 e. The van der Waals surface area contributed by atoms with Gasteiger partial charge in [0.1, 0.15) is 0 Å². The highest BCUT2D eigenvalue weighted by molar-refractivity contribution is 5.04. The summed E-state index contributed by atoms with van der Waals surface area (Å²) in [7, 11) is 0. The Bertz CT molecular complexity index is 230. The molecule has 16 heavy (non-hydrogen) atoms. The van der Waals surface area contributed by atoms with Gasteiger partial charge < -0.3 is 5.32 Å². The summed E-state index contributed by atoms with van der Waals surface area (Å²) in [6.45, 7) is 7.53. The van der Waals surface area contributed by atoms with E-state index in [0.29, 0.717) is 18.0 Å². The second-order valence-corrected chi connectivity index (χ2v) is 5.61. The first-order chi connectivity index (χ1) is 7.70. The van der Waals surface area contributed by atoms with Crippen LogP contribution in [0, 0.1) is 5.92 Å². The molecule has 0 aromatic heterocycles. The zero-order chi connectivity index (χ0) is 11.6. The molecule has 0 aromatic carbocycles. The summed E-state index contributed by atoms with van der Waals surface area (Å²) in [4.78, 5) is 2.55. The topological polar surface area (TPSA) is 15.3 Å². The number of halogens is 1. The molecule has 3 heteroatoms. The molecule has 2 atom stereocenters. The molecule has 1 saturated heterocycles. The molecule has 1 heterocycles. The van der Waals surface area contributed by atoms with Gasteiger partial charge in [-0.25, -0.2) is 0 Å². The van der Waals surface area contributed by atoms with Gasteiger partial charge in [-0.3, -0.25) is 9.29 Å². The lowest BCUT2D eigenvalue weighted by atomic mass is 9.89. The van der Waals surface area contributed by atoms with Crippen molar-refractivity contribution >= 4 is 0 Å². The quantitative estimate of drug-likeness (QED) is 0.776. The molecule has 0 aromatic rings. The summed E-state index contributed by atoms with van der Waals surface area (Å²) in [5, 5.41) is 3.65. The maximum atomic E-state index is 12.4. The van der Waals surface area contributed by atoms with Crippen molar-refractivity contribution in [3.63, 3.8) is 0 Å². The van der Waals surface area contributed by atoms with Crippen LogP contribution in [0.5, 0.6) is 0 Å². The number of nitrogens with one attached hydrogen (secondary N) is 1. The van der Waals surface area contributed by atoms with E-state index < -0.39 is 0 Å². The summed E-state index contributed by atoms with van der Waals surface area (Å²) >= 11 is 0. The van der Waals surface area contributed by atoms with Crippen molar-refractivity contribution in [2.45, 2.75) is 51.1 Å². The first kappa shape index (κ1) is 12.3. The highest BCUT2D eigenvalue weighted by Crippen LogP contribution is 2.44. The first-order valence-corrected chi connectivity index (χ1v) is 6.75. The Labute approximate surface area is 98.6 Å². The van der Waals surface area contributed by atoms with E-state index in [9.17, 15) is 4.39 Å². The Balaban J connectivity index is 1.98. The van der Waals surface area contributed by atoms with Gasteiger partial charge >= 0.3 is 0 Å². The van der Waals surface area contributed by atoms with Crippen LogP contribution in [0.25, 0.3) is 0 Å². The van der Waals surface area contributed by atoms with Crippen molar-refractivity contribution in [3.05, 3.63) is 0 Å². The molecule has 0 amide bonds. The second-order valence-electron chi connectivity index (χ2n) is 5.61. The average Bonchev–Trinajstić information content (AvgIpc) is 3.12. The van der Waals surface area contributed by atoms with Crippen LogP contribution >= 0.6 is 0 Å². The van der Waals surface area contributed by atoms with Crippen LogP contribution in [0.2, 0.25) is 0 Å². The predicted molar refractivity (Wildman–Crippen MR) is 65.4 cm³/mol. The van der Waals surface area contributed by atoms with Crippen molar-refractivity contribution in [3.8, 4) is 0 Å². The van der Waals surface area contributed by atoms with Crippen molar-refractivity contribution in [2.24, 2.45) is 5.92 Å². The lowest BCUT2D eigenvalue weighted by Crippen LogP contribution is -2.64. The fourth-order valence-electron chi connectivity index (χ4n) is 2.98. The van der Waals surface area contributed by atoms with Crippen molar-refractivity contribution in [2.75, 3.05) is 26.3 Å². The highest BCUT2D eigenvalue weighted by Gasteiger charge is 2.47. The Hall–Kier alpha value is -0.150. The third-order valence-corrected chi connectivity index (χ3v) is 4.42. The van der Waals surface area contributed by atoms with Crippen LogP contribution in [-0.4, -0.2) is 42.8 Å². The molecule has 0 spiro atoms. The maximum Gasteiger partial charge on any atom is 0.0906 e. The molecule has 1 aliphatic carbocycles. The summed E-state index contributed by atoms with van der Waals surface area (Å²) in [6.07, 6.45) is 4.59. The molecular weight excluding hydrogens is 203 g/mol. The highest BCUT2D eigenvalue weighted by atomic mass is 19.1. The fourth-order valence-corrected chi connectivity index (χ4v) is 2.98. The molecular formula is C13H25FN2. The van der Waals surface area contributed by atoms with Crippen LogP contribution in [0.15, 0.2) is 0 Å². The Morgan fingerprint density at radius 2 is 2.19 bits per heavy atom. The Kier molecular flexibility index (Phi) is 3.85. The SMILES string of the molecule is CCC1CN(CCCF)C(C)(C2CC2)CN1. The predicted octanol–water partition coefficient (Wildman–Crippen LogP) is 2.20. The minimum absolute atomic E-state index is 0.179. The number of nitrogens with zero attached hydrogens (tertiary/aromatic N) is 1. The smallest absolute Gasteiger partial charge is 0.0906 e. The van der Waals surface area contributed by atoms with Gasteiger partial charge in [0.15, 0.2) is 0 Å². The normalized spacial score (nSPS) is 36.6. The number of piperazine rings is 1. The molecule has 0 bridgehead atoms. The van der Waals surface area contributed by atoms with Gasteiger partial charge in [0, 0.05) is 31.2 Å². The average molecular weight is 228 g/mol. The van der Waals surface area contributed by atoms with Gasteiger partial charge in [0.05, 0.1) is 6.67 Å². The molecule has 2 fully saturated rings. The molecule has 1 saturated carbocycles. The van der Waals surface area contributed by atoms with Gasteiger partial charge in [0.2, 0.25) is 0 Å². The number of hydrogen-bond acceptors (Lipinski definition) is 2. The second kappa shape index (κ2) is 5.01. The van der Waals surface area contributed by atoms with E-state index >= 15 is 0 Å². The van der Waals surface area contributed by atoms with Gasteiger partial charge in [0.25, 0.3) is 0 Å². The van der Waals surface area contributed by atoms with Gasteiger partial charge in [-0.15, -0.1) is 0 Å². The fraction of sp³-hybridized carbons (Fsp3) is 1.00. The minimum atomic E-state index is -0.179. The molecule has 1 aliphatic heterocycles. The maximum absolute atomic E-state index is 12.4. The Morgan fingerprint density at radius 1 is 1.44 bits per heavy atom. The van der Waals surface area contributed by atoms with Crippen LogP contribution in [0.4, 0.5) is 4.39 Å².